The van der Waals surface area contributed by atoms with Crippen LogP contribution in [0, 0.1) is 6.92 Å². The zero-order chi connectivity index (χ0) is 18.4. The summed E-state index contributed by atoms with van der Waals surface area (Å²) >= 11 is 5.90. The van der Waals surface area contributed by atoms with E-state index >= 15 is 0 Å². The van der Waals surface area contributed by atoms with Crippen LogP contribution < -0.4 is 14.8 Å². The number of hydrogen-bond donors (Lipinski definition) is 2. The van der Waals surface area contributed by atoms with Crippen LogP contribution in [0.25, 0.3) is 0 Å². The van der Waals surface area contributed by atoms with E-state index in [1.165, 1.54) is 25.2 Å². The van der Waals surface area contributed by atoms with E-state index in [1.54, 1.807) is 0 Å². The van der Waals surface area contributed by atoms with Crippen molar-refractivity contribution in [3.63, 3.8) is 0 Å². The molecule has 0 aliphatic heterocycles. The fraction of sp³-hybridized carbons (Fsp3) is 0.235. The van der Waals surface area contributed by atoms with Crippen molar-refractivity contribution in [2.45, 2.75) is 11.8 Å². The number of aryl methyl sites for hydroxylation is 1. The molecule has 0 saturated heterocycles. The molecule has 6 nitrogen and oxygen atoms in total. The molecule has 0 radical (unpaired) electrons. The first kappa shape index (κ1) is 19.2. The van der Waals surface area contributed by atoms with Crippen LogP contribution in [0.4, 0.5) is 0 Å². The number of benzene rings is 2. The van der Waals surface area contributed by atoms with Crippen LogP contribution in [0.2, 0.25) is 5.02 Å². The van der Waals surface area contributed by atoms with Gasteiger partial charge in [0.05, 0.1) is 11.6 Å². The fourth-order valence-corrected chi connectivity index (χ4v) is 3.28. The van der Waals surface area contributed by atoms with E-state index in [0.29, 0.717) is 12.4 Å². The zero-order valence-corrected chi connectivity index (χ0v) is 15.4. The van der Waals surface area contributed by atoms with Gasteiger partial charge in [-0.25, -0.2) is 13.1 Å². The summed E-state index contributed by atoms with van der Waals surface area (Å²) in [7, 11) is -2.46. The van der Waals surface area contributed by atoms with Gasteiger partial charge in [0, 0.05) is 5.56 Å². The molecule has 0 unspecified atom stereocenters. The number of carbonyl (C=O) groups excluding carboxylic acids is 1. The molecule has 8 heteroatoms. The highest BCUT2D eigenvalue weighted by atomic mass is 35.5. The van der Waals surface area contributed by atoms with Crippen molar-refractivity contribution in [3.05, 3.63) is 58.6 Å². The maximum atomic E-state index is 12.2. The number of sulfonamides is 1. The van der Waals surface area contributed by atoms with Crippen molar-refractivity contribution >= 4 is 27.5 Å². The Hall–Kier alpha value is -2.09. The largest absolute Gasteiger partial charge is 0.492 e. The van der Waals surface area contributed by atoms with Crippen molar-refractivity contribution in [2.24, 2.45) is 0 Å². The van der Waals surface area contributed by atoms with Gasteiger partial charge in [-0.1, -0.05) is 29.3 Å². The summed E-state index contributed by atoms with van der Waals surface area (Å²) in [6.45, 7) is 2.56. The minimum absolute atomic E-state index is 0.0496. The lowest BCUT2D eigenvalue weighted by Crippen LogP contribution is -2.28. The van der Waals surface area contributed by atoms with Gasteiger partial charge < -0.3 is 10.1 Å². The fourth-order valence-electron chi connectivity index (χ4n) is 2.03. The first-order chi connectivity index (χ1) is 11.8. The Morgan fingerprint density at radius 2 is 1.84 bits per heavy atom. The van der Waals surface area contributed by atoms with Crippen molar-refractivity contribution in [2.75, 3.05) is 20.2 Å². The van der Waals surface area contributed by atoms with Gasteiger partial charge in [-0.3, -0.25) is 4.79 Å². The second kappa shape index (κ2) is 8.33. The quantitative estimate of drug-likeness (QED) is 0.720. The standard InChI is InChI=1S/C17H19ClN2O4S/c1-12-3-6-14(7-4-12)24-10-9-20-17(21)13-5-8-15(18)16(11-13)25(22,23)19-2/h3-8,11,19H,9-10H2,1-2H3,(H,20,21). The molecule has 2 aromatic carbocycles. The second-order valence-electron chi connectivity index (χ2n) is 5.27. The zero-order valence-electron chi connectivity index (χ0n) is 13.9. The number of halogens is 1. The Morgan fingerprint density at radius 3 is 2.48 bits per heavy atom. The van der Waals surface area contributed by atoms with E-state index in [9.17, 15) is 13.2 Å². The highest BCUT2D eigenvalue weighted by Crippen LogP contribution is 2.22. The number of ether oxygens (including phenoxy) is 1. The molecule has 0 saturated carbocycles. The summed E-state index contributed by atoms with van der Waals surface area (Å²) in [6.07, 6.45) is 0. The lowest BCUT2D eigenvalue weighted by Gasteiger charge is -2.10. The Morgan fingerprint density at radius 1 is 1.16 bits per heavy atom. The van der Waals surface area contributed by atoms with E-state index < -0.39 is 15.9 Å². The molecule has 25 heavy (non-hydrogen) atoms. The summed E-state index contributed by atoms with van der Waals surface area (Å²) in [5, 5.41) is 2.72. The van der Waals surface area contributed by atoms with Crippen molar-refractivity contribution in [1.82, 2.24) is 10.0 Å². The molecule has 0 spiro atoms. The number of carbonyl (C=O) groups is 1. The molecule has 2 aromatic rings. The molecule has 2 rings (SSSR count). The molecule has 0 heterocycles. The third kappa shape index (κ3) is 5.19. The first-order valence-corrected chi connectivity index (χ1v) is 9.40. The van der Waals surface area contributed by atoms with Crippen LogP contribution in [0.15, 0.2) is 47.4 Å². The van der Waals surface area contributed by atoms with Gasteiger partial charge in [0.2, 0.25) is 10.0 Å². The summed E-state index contributed by atoms with van der Waals surface area (Å²) in [5.41, 5.74) is 1.34. The van der Waals surface area contributed by atoms with Crippen LogP contribution in [0.3, 0.4) is 0 Å². The van der Waals surface area contributed by atoms with Gasteiger partial charge in [0.15, 0.2) is 0 Å². The highest BCUT2D eigenvalue weighted by molar-refractivity contribution is 7.89. The molecule has 0 aliphatic carbocycles. The molecular weight excluding hydrogens is 364 g/mol. The van der Waals surface area contributed by atoms with E-state index in [1.807, 2.05) is 31.2 Å². The third-order valence-corrected chi connectivity index (χ3v) is 5.32. The Balaban J connectivity index is 1.95. The topological polar surface area (TPSA) is 84.5 Å². The van der Waals surface area contributed by atoms with Gasteiger partial charge in [-0.05, 0) is 44.3 Å². The van der Waals surface area contributed by atoms with E-state index in [2.05, 4.69) is 10.0 Å². The Labute approximate surface area is 152 Å². The minimum atomic E-state index is -3.74. The lowest BCUT2D eigenvalue weighted by atomic mass is 10.2. The van der Waals surface area contributed by atoms with Gasteiger partial charge in [0.1, 0.15) is 17.3 Å². The predicted molar refractivity (Wildman–Crippen MR) is 96.7 cm³/mol. The third-order valence-electron chi connectivity index (χ3n) is 3.43. The molecular formula is C17H19ClN2O4S. The SMILES string of the molecule is CNS(=O)(=O)c1cc(C(=O)NCCOc2ccc(C)cc2)ccc1Cl. The minimum Gasteiger partial charge on any atom is -0.492 e. The smallest absolute Gasteiger partial charge is 0.251 e. The molecule has 0 aliphatic rings. The van der Waals surface area contributed by atoms with Crippen molar-refractivity contribution < 1.29 is 17.9 Å². The normalized spacial score (nSPS) is 11.2. The molecule has 134 valence electrons. The molecule has 0 bridgehead atoms. The molecule has 2 N–H and O–H groups in total. The molecule has 1 amide bonds. The molecule has 0 aromatic heterocycles. The number of hydrogen-bond acceptors (Lipinski definition) is 4. The van der Waals surface area contributed by atoms with Crippen LogP contribution in [-0.2, 0) is 10.0 Å². The Bertz CT molecular complexity index is 851. The first-order valence-electron chi connectivity index (χ1n) is 7.54. The molecule has 0 atom stereocenters. The maximum Gasteiger partial charge on any atom is 0.251 e. The summed E-state index contributed by atoms with van der Waals surface area (Å²) in [4.78, 5) is 12.0. The predicted octanol–water partition coefficient (Wildman–Crippen LogP) is 2.37. The van der Waals surface area contributed by atoms with Crippen molar-refractivity contribution in [1.29, 1.82) is 0 Å². The monoisotopic (exact) mass is 382 g/mol. The highest BCUT2D eigenvalue weighted by Gasteiger charge is 2.18. The number of rotatable bonds is 7. The number of amides is 1. The summed E-state index contributed by atoms with van der Waals surface area (Å²) in [6, 6.07) is 11.7. The van der Waals surface area contributed by atoms with Crippen molar-refractivity contribution in [3.8, 4) is 5.75 Å². The van der Waals surface area contributed by atoms with Gasteiger partial charge in [-0.2, -0.15) is 0 Å². The van der Waals surface area contributed by atoms with Gasteiger partial charge >= 0.3 is 0 Å². The average Bonchev–Trinajstić information content (AvgIpc) is 2.60. The van der Waals surface area contributed by atoms with E-state index in [4.69, 9.17) is 16.3 Å². The van der Waals surface area contributed by atoms with Crippen LogP contribution in [-0.4, -0.2) is 34.5 Å². The average molecular weight is 383 g/mol. The summed E-state index contributed by atoms with van der Waals surface area (Å²) < 4.78 is 31.5. The maximum absolute atomic E-state index is 12.2. The summed E-state index contributed by atoms with van der Waals surface area (Å²) in [5.74, 6) is 0.311. The molecule has 0 fully saturated rings. The van der Waals surface area contributed by atoms with Crippen LogP contribution >= 0.6 is 11.6 Å². The van der Waals surface area contributed by atoms with Crippen LogP contribution in [0.1, 0.15) is 15.9 Å². The van der Waals surface area contributed by atoms with E-state index in [-0.39, 0.29) is 22.0 Å². The van der Waals surface area contributed by atoms with Gasteiger partial charge in [0.25, 0.3) is 5.91 Å². The Kier molecular flexibility index (Phi) is 6.41. The number of nitrogens with one attached hydrogen (secondary N) is 2. The van der Waals surface area contributed by atoms with Gasteiger partial charge in [-0.15, -0.1) is 0 Å². The van der Waals surface area contributed by atoms with E-state index in [0.717, 1.165) is 5.56 Å². The second-order valence-corrected chi connectivity index (χ2v) is 7.53. The lowest BCUT2D eigenvalue weighted by molar-refractivity contribution is 0.0947. The van der Waals surface area contributed by atoms with Crippen LogP contribution in [0.5, 0.6) is 5.75 Å².